The van der Waals surface area contributed by atoms with Gasteiger partial charge in [-0.25, -0.2) is 0 Å². The molecule has 0 aliphatic carbocycles. The van der Waals surface area contributed by atoms with Crippen LogP contribution in [0.25, 0.3) is 0 Å². The molecular formula is C14H9Br2N2NaO3. The molecule has 0 atom stereocenters. The van der Waals surface area contributed by atoms with Crippen LogP contribution in [0.1, 0.15) is 10.4 Å². The number of nitrogens with zero attached hydrogens (tertiary/aromatic N) is 2. The standard InChI is InChI=1S/C14H10Br2N2O3.Na/c15-9-5-8(6-10(16)13(9)19)14(20)18-3-4-21-12-1-2-17-7-11(12)18;/h1-2,5-7,19H,3-4H2;/q;+1/p-1. The number of benzene rings is 1. The first-order valence-electron chi connectivity index (χ1n) is 6.12. The number of hydrogen-bond acceptors (Lipinski definition) is 4. The Morgan fingerprint density at radius 3 is 2.68 bits per heavy atom. The van der Waals surface area contributed by atoms with Gasteiger partial charge in [0.1, 0.15) is 18.0 Å². The monoisotopic (exact) mass is 434 g/mol. The quantitative estimate of drug-likeness (QED) is 0.578. The summed E-state index contributed by atoms with van der Waals surface area (Å²) in [5, 5.41) is 11.7. The number of rotatable bonds is 1. The number of pyridine rings is 1. The van der Waals surface area contributed by atoms with Gasteiger partial charge in [0.2, 0.25) is 0 Å². The van der Waals surface area contributed by atoms with Crippen LogP contribution in [-0.4, -0.2) is 24.0 Å². The van der Waals surface area contributed by atoms with E-state index in [0.717, 1.165) is 0 Å². The molecule has 0 N–H and O–H groups in total. The van der Waals surface area contributed by atoms with Crippen LogP contribution in [0.4, 0.5) is 5.69 Å². The topological polar surface area (TPSA) is 65.5 Å². The van der Waals surface area contributed by atoms with Crippen LogP contribution in [0, 0.1) is 0 Å². The molecule has 0 bridgehead atoms. The summed E-state index contributed by atoms with van der Waals surface area (Å²) < 4.78 is 6.20. The number of amides is 1. The van der Waals surface area contributed by atoms with Gasteiger partial charge in [-0.15, -0.1) is 0 Å². The molecule has 3 rings (SSSR count). The molecular weight excluding hydrogens is 427 g/mol. The summed E-state index contributed by atoms with van der Waals surface area (Å²) in [4.78, 5) is 18.3. The number of carbonyl (C=O) groups is 1. The first-order valence-corrected chi connectivity index (χ1v) is 7.71. The molecule has 0 spiro atoms. The Bertz CT molecular complexity index is 704. The third-order valence-electron chi connectivity index (χ3n) is 3.11. The summed E-state index contributed by atoms with van der Waals surface area (Å²) >= 11 is 6.34. The summed E-state index contributed by atoms with van der Waals surface area (Å²) in [6.07, 6.45) is 3.21. The maximum absolute atomic E-state index is 12.7. The number of aromatic nitrogens is 1. The SMILES string of the molecule is O=C(c1cc(Br)c([O-])c(Br)c1)N1CCOc2ccncc21.[Na+]. The molecule has 22 heavy (non-hydrogen) atoms. The predicted octanol–water partition coefficient (Wildman–Crippen LogP) is -0.277. The molecule has 2 heterocycles. The van der Waals surface area contributed by atoms with Gasteiger partial charge in [0.05, 0.1) is 12.7 Å². The van der Waals surface area contributed by atoms with E-state index in [4.69, 9.17) is 4.74 Å². The Kier molecular flexibility index (Phi) is 5.90. The maximum atomic E-state index is 12.7. The molecule has 1 aromatic carbocycles. The molecule has 0 unspecified atom stereocenters. The number of anilines is 1. The van der Waals surface area contributed by atoms with E-state index < -0.39 is 0 Å². The molecule has 1 aliphatic rings. The van der Waals surface area contributed by atoms with Crippen molar-refractivity contribution in [2.45, 2.75) is 0 Å². The molecule has 0 saturated carbocycles. The summed E-state index contributed by atoms with van der Waals surface area (Å²) in [5.41, 5.74) is 1.05. The summed E-state index contributed by atoms with van der Waals surface area (Å²) in [6.45, 7) is 0.858. The number of ether oxygens (including phenoxy) is 1. The van der Waals surface area contributed by atoms with Gasteiger partial charge in [0.25, 0.3) is 5.91 Å². The molecule has 0 saturated heterocycles. The first kappa shape index (κ1) is 17.7. The Morgan fingerprint density at radius 2 is 2.00 bits per heavy atom. The van der Waals surface area contributed by atoms with Crippen LogP contribution in [-0.2, 0) is 0 Å². The molecule has 1 amide bonds. The van der Waals surface area contributed by atoms with E-state index in [9.17, 15) is 9.90 Å². The predicted molar refractivity (Wildman–Crippen MR) is 82.7 cm³/mol. The molecule has 5 nitrogen and oxygen atoms in total. The van der Waals surface area contributed by atoms with Gasteiger partial charge in [-0.1, -0.05) is 37.6 Å². The summed E-state index contributed by atoms with van der Waals surface area (Å²) in [6, 6.07) is 4.78. The van der Waals surface area contributed by atoms with Crippen molar-refractivity contribution in [3.63, 3.8) is 0 Å². The fourth-order valence-electron chi connectivity index (χ4n) is 2.12. The first-order chi connectivity index (χ1) is 10.1. The number of halogens is 2. The van der Waals surface area contributed by atoms with Gasteiger partial charge in [-0.05, 0) is 12.1 Å². The van der Waals surface area contributed by atoms with Gasteiger partial charge in [-0.2, -0.15) is 0 Å². The number of fused-ring (bicyclic) bond motifs is 1. The second-order valence-corrected chi connectivity index (χ2v) is 6.13. The van der Waals surface area contributed by atoms with E-state index in [1.165, 1.54) is 12.1 Å². The van der Waals surface area contributed by atoms with Crippen LogP contribution >= 0.6 is 31.9 Å². The molecule has 0 fully saturated rings. The van der Waals surface area contributed by atoms with Crippen LogP contribution in [0.3, 0.4) is 0 Å². The average molecular weight is 436 g/mol. The third kappa shape index (κ3) is 3.33. The van der Waals surface area contributed by atoms with Crippen molar-refractivity contribution in [2.75, 3.05) is 18.1 Å². The van der Waals surface area contributed by atoms with Crippen LogP contribution in [0.2, 0.25) is 0 Å². The summed E-state index contributed by atoms with van der Waals surface area (Å²) in [5.74, 6) is 0.243. The maximum Gasteiger partial charge on any atom is 1.00 e. The second-order valence-electron chi connectivity index (χ2n) is 4.42. The minimum Gasteiger partial charge on any atom is -0.871 e. The fourth-order valence-corrected chi connectivity index (χ4v) is 3.30. The molecule has 1 aromatic heterocycles. The Labute approximate surface area is 166 Å². The zero-order valence-electron chi connectivity index (χ0n) is 11.7. The number of hydrogen-bond donors (Lipinski definition) is 0. The Balaban J connectivity index is 0.00000176. The summed E-state index contributed by atoms with van der Waals surface area (Å²) in [7, 11) is 0. The normalized spacial score (nSPS) is 12.9. The third-order valence-corrected chi connectivity index (χ3v) is 4.29. The minimum atomic E-state index is -0.200. The second kappa shape index (κ2) is 7.31. The van der Waals surface area contributed by atoms with Crippen molar-refractivity contribution in [3.8, 4) is 11.5 Å². The zero-order valence-corrected chi connectivity index (χ0v) is 16.8. The van der Waals surface area contributed by atoms with Crippen molar-refractivity contribution in [3.05, 3.63) is 45.1 Å². The van der Waals surface area contributed by atoms with Gasteiger partial charge in [0.15, 0.2) is 0 Å². The van der Waals surface area contributed by atoms with Crippen molar-refractivity contribution in [1.82, 2.24) is 4.98 Å². The van der Waals surface area contributed by atoms with Crippen LogP contribution < -0.4 is 44.3 Å². The Hall–Kier alpha value is -0.600. The molecule has 1 aliphatic heterocycles. The van der Waals surface area contributed by atoms with Crippen molar-refractivity contribution in [2.24, 2.45) is 0 Å². The fraction of sp³-hybridized carbons (Fsp3) is 0.143. The smallest absolute Gasteiger partial charge is 0.871 e. The van der Waals surface area contributed by atoms with Crippen molar-refractivity contribution in [1.29, 1.82) is 0 Å². The average Bonchev–Trinajstić information content (AvgIpc) is 2.51. The van der Waals surface area contributed by atoms with Crippen LogP contribution in [0.5, 0.6) is 11.5 Å². The molecule has 2 aromatic rings. The molecule has 0 radical (unpaired) electrons. The largest absolute Gasteiger partial charge is 1.00 e. The van der Waals surface area contributed by atoms with Crippen molar-refractivity contribution >= 4 is 43.5 Å². The van der Waals surface area contributed by atoms with Crippen molar-refractivity contribution < 1.29 is 44.2 Å². The molecule has 8 heteroatoms. The van der Waals surface area contributed by atoms with E-state index in [-0.39, 0.29) is 41.2 Å². The minimum absolute atomic E-state index is 0. The number of carbonyl (C=O) groups excluding carboxylic acids is 1. The van der Waals surface area contributed by atoms with Gasteiger partial charge in [0, 0.05) is 26.8 Å². The zero-order chi connectivity index (χ0) is 15.0. The van der Waals surface area contributed by atoms with E-state index >= 15 is 0 Å². The van der Waals surface area contributed by atoms with E-state index in [1.807, 2.05) is 0 Å². The van der Waals surface area contributed by atoms with Gasteiger partial charge < -0.3 is 14.7 Å². The molecule has 108 valence electrons. The van der Waals surface area contributed by atoms with E-state index in [2.05, 4.69) is 36.8 Å². The Morgan fingerprint density at radius 1 is 1.32 bits per heavy atom. The van der Waals surface area contributed by atoms with Crippen LogP contribution in [0.15, 0.2) is 39.5 Å². The van der Waals surface area contributed by atoms with E-state index in [0.29, 0.717) is 39.1 Å². The van der Waals surface area contributed by atoms with E-state index in [1.54, 1.807) is 23.4 Å². The van der Waals surface area contributed by atoms with Gasteiger partial charge in [-0.3, -0.25) is 9.78 Å². The van der Waals surface area contributed by atoms with Gasteiger partial charge >= 0.3 is 29.6 Å².